The van der Waals surface area contributed by atoms with E-state index in [4.69, 9.17) is 5.73 Å². The van der Waals surface area contributed by atoms with Crippen molar-refractivity contribution in [2.45, 2.75) is 9.79 Å². The minimum absolute atomic E-state index is 0.347. The highest BCUT2D eigenvalue weighted by atomic mass is 32.2. The SMILES string of the molecule is Nc1cccc(F)c1Sc1ccccc1-c1nnn[nH]1. The Morgan fingerprint density at radius 1 is 1.10 bits per heavy atom. The van der Waals surface area contributed by atoms with Gasteiger partial charge in [-0.25, -0.2) is 9.49 Å². The van der Waals surface area contributed by atoms with Crippen LogP contribution in [0.3, 0.4) is 0 Å². The van der Waals surface area contributed by atoms with Gasteiger partial charge in [0.25, 0.3) is 0 Å². The summed E-state index contributed by atoms with van der Waals surface area (Å²) in [5.41, 5.74) is 7.03. The lowest BCUT2D eigenvalue weighted by atomic mass is 10.2. The molecule has 20 heavy (non-hydrogen) atoms. The molecular formula is C13H10FN5S. The number of rotatable bonds is 3. The third-order valence-corrected chi connectivity index (χ3v) is 3.91. The Bertz CT molecular complexity index is 709. The van der Waals surface area contributed by atoms with Crippen molar-refractivity contribution in [3.63, 3.8) is 0 Å². The number of aromatic amines is 1. The Morgan fingerprint density at radius 3 is 2.70 bits per heavy atom. The number of anilines is 1. The van der Waals surface area contributed by atoms with Gasteiger partial charge in [0.05, 0.1) is 4.90 Å². The van der Waals surface area contributed by atoms with Gasteiger partial charge < -0.3 is 5.73 Å². The Kier molecular flexibility index (Phi) is 3.34. The molecule has 1 aromatic heterocycles. The lowest BCUT2D eigenvalue weighted by Crippen LogP contribution is -1.92. The summed E-state index contributed by atoms with van der Waals surface area (Å²) in [5, 5.41) is 13.7. The number of tetrazole rings is 1. The highest BCUT2D eigenvalue weighted by Crippen LogP contribution is 2.38. The van der Waals surface area contributed by atoms with Crippen LogP contribution in [0.25, 0.3) is 11.4 Å². The molecule has 5 nitrogen and oxygen atoms in total. The van der Waals surface area contributed by atoms with E-state index in [-0.39, 0.29) is 5.82 Å². The van der Waals surface area contributed by atoms with Gasteiger partial charge in [0.1, 0.15) is 5.82 Å². The van der Waals surface area contributed by atoms with Crippen LogP contribution in [-0.2, 0) is 0 Å². The van der Waals surface area contributed by atoms with Gasteiger partial charge >= 0.3 is 0 Å². The smallest absolute Gasteiger partial charge is 0.180 e. The van der Waals surface area contributed by atoms with Crippen LogP contribution < -0.4 is 5.73 Å². The summed E-state index contributed by atoms with van der Waals surface area (Å²) >= 11 is 1.25. The molecule has 3 N–H and O–H groups in total. The van der Waals surface area contributed by atoms with Gasteiger partial charge in [0.2, 0.25) is 0 Å². The quantitative estimate of drug-likeness (QED) is 0.724. The maximum Gasteiger partial charge on any atom is 0.180 e. The molecule has 0 unspecified atom stereocenters. The second kappa shape index (κ2) is 5.30. The molecule has 0 aliphatic carbocycles. The molecule has 2 aromatic carbocycles. The predicted molar refractivity (Wildman–Crippen MR) is 74.5 cm³/mol. The van der Waals surface area contributed by atoms with Gasteiger partial charge in [-0.2, -0.15) is 0 Å². The molecule has 7 heteroatoms. The summed E-state index contributed by atoms with van der Waals surface area (Å²) in [7, 11) is 0. The third kappa shape index (κ3) is 2.35. The number of benzene rings is 2. The lowest BCUT2D eigenvalue weighted by molar-refractivity contribution is 0.603. The average molecular weight is 287 g/mol. The maximum absolute atomic E-state index is 13.9. The van der Waals surface area contributed by atoms with Crippen LogP contribution in [0.4, 0.5) is 10.1 Å². The summed E-state index contributed by atoms with van der Waals surface area (Å²) in [4.78, 5) is 1.22. The van der Waals surface area contributed by atoms with Crippen molar-refractivity contribution in [1.82, 2.24) is 20.6 Å². The number of H-pyrrole nitrogens is 1. The second-order valence-electron chi connectivity index (χ2n) is 4.01. The zero-order valence-corrected chi connectivity index (χ0v) is 11.1. The highest BCUT2D eigenvalue weighted by molar-refractivity contribution is 7.99. The van der Waals surface area contributed by atoms with Crippen LogP contribution in [0.5, 0.6) is 0 Å². The lowest BCUT2D eigenvalue weighted by Gasteiger charge is -2.09. The van der Waals surface area contributed by atoms with Gasteiger partial charge in [0.15, 0.2) is 5.82 Å². The van der Waals surface area contributed by atoms with Crippen molar-refractivity contribution in [2.75, 3.05) is 5.73 Å². The summed E-state index contributed by atoms with van der Waals surface area (Å²) in [6.45, 7) is 0. The number of hydrogen-bond acceptors (Lipinski definition) is 5. The summed E-state index contributed by atoms with van der Waals surface area (Å²) < 4.78 is 13.9. The van der Waals surface area contributed by atoms with E-state index >= 15 is 0 Å². The first kappa shape index (κ1) is 12.6. The van der Waals surface area contributed by atoms with Crippen molar-refractivity contribution in [3.05, 3.63) is 48.3 Å². The monoisotopic (exact) mass is 287 g/mol. The second-order valence-corrected chi connectivity index (χ2v) is 5.06. The number of nitrogen functional groups attached to an aromatic ring is 1. The van der Waals surface area contributed by atoms with Crippen LogP contribution in [0, 0.1) is 5.82 Å². The van der Waals surface area contributed by atoms with Gasteiger partial charge in [0, 0.05) is 16.1 Å². The molecule has 0 bridgehead atoms. The van der Waals surface area contributed by atoms with Crippen molar-refractivity contribution in [3.8, 4) is 11.4 Å². The molecule has 0 spiro atoms. The first-order valence-electron chi connectivity index (χ1n) is 5.80. The van der Waals surface area contributed by atoms with Gasteiger partial charge in [-0.15, -0.1) is 5.10 Å². The topological polar surface area (TPSA) is 80.5 Å². The van der Waals surface area contributed by atoms with E-state index in [2.05, 4.69) is 20.6 Å². The standard InChI is InChI=1S/C13H10FN5S/c14-9-5-3-6-10(15)12(9)20-11-7-2-1-4-8(11)13-16-18-19-17-13/h1-7H,15H2,(H,16,17,18,19). The fourth-order valence-electron chi connectivity index (χ4n) is 1.77. The van der Waals surface area contributed by atoms with Crippen molar-refractivity contribution in [2.24, 2.45) is 0 Å². The molecule has 100 valence electrons. The van der Waals surface area contributed by atoms with E-state index in [9.17, 15) is 4.39 Å². The van der Waals surface area contributed by atoms with Crippen LogP contribution in [0.2, 0.25) is 0 Å². The zero-order chi connectivity index (χ0) is 13.9. The minimum Gasteiger partial charge on any atom is -0.398 e. The number of nitrogens with one attached hydrogen (secondary N) is 1. The molecule has 0 aliphatic rings. The molecule has 0 amide bonds. The van der Waals surface area contributed by atoms with Crippen LogP contribution in [0.15, 0.2) is 52.3 Å². The Balaban J connectivity index is 2.04. The van der Waals surface area contributed by atoms with Crippen molar-refractivity contribution >= 4 is 17.4 Å². The van der Waals surface area contributed by atoms with E-state index in [1.54, 1.807) is 12.1 Å². The zero-order valence-electron chi connectivity index (χ0n) is 10.2. The normalized spacial score (nSPS) is 10.7. The molecule has 0 saturated carbocycles. The maximum atomic E-state index is 13.9. The molecule has 0 radical (unpaired) electrons. The van der Waals surface area contributed by atoms with E-state index in [1.165, 1.54) is 17.8 Å². The van der Waals surface area contributed by atoms with Gasteiger partial charge in [-0.1, -0.05) is 30.0 Å². The first-order chi connectivity index (χ1) is 9.75. The number of aromatic nitrogens is 4. The first-order valence-corrected chi connectivity index (χ1v) is 6.62. The summed E-state index contributed by atoms with van der Waals surface area (Å²) in [5.74, 6) is 0.184. The van der Waals surface area contributed by atoms with E-state index in [0.717, 1.165) is 10.5 Å². The van der Waals surface area contributed by atoms with Crippen LogP contribution >= 0.6 is 11.8 Å². The van der Waals surface area contributed by atoms with Gasteiger partial charge in [-0.3, -0.25) is 0 Å². The third-order valence-electron chi connectivity index (χ3n) is 2.70. The molecular weight excluding hydrogens is 277 g/mol. The molecule has 0 saturated heterocycles. The minimum atomic E-state index is -0.347. The number of hydrogen-bond donors (Lipinski definition) is 2. The van der Waals surface area contributed by atoms with Crippen molar-refractivity contribution in [1.29, 1.82) is 0 Å². The number of nitrogens with two attached hydrogens (primary N) is 1. The van der Waals surface area contributed by atoms with E-state index in [0.29, 0.717) is 16.4 Å². The van der Waals surface area contributed by atoms with E-state index < -0.39 is 0 Å². The van der Waals surface area contributed by atoms with Gasteiger partial charge in [-0.05, 0) is 34.7 Å². The summed E-state index contributed by atoms with van der Waals surface area (Å²) in [6.07, 6.45) is 0. The molecule has 0 aliphatic heterocycles. The van der Waals surface area contributed by atoms with Crippen molar-refractivity contribution < 1.29 is 4.39 Å². The molecule has 0 fully saturated rings. The number of nitrogens with zero attached hydrogens (tertiary/aromatic N) is 3. The average Bonchev–Trinajstić information content (AvgIpc) is 2.97. The Labute approximate surface area is 118 Å². The molecule has 3 rings (SSSR count). The predicted octanol–water partition coefficient (Wildman–Crippen LogP) is 2.74. The largest absolute Gasteiger partial charge is 0.398 e. The van der Waals surface area contributed by atoms with Crippen LogP contribution in [0.1, 0.15) is 0 Å². The highest BCUT2D eigenvalue weighted by Gasteiger charge is 2.13. The fourth-order valence-corrected chi connectivity index (χ4v) is 2.76. The Morgan fingerprint density at radius 2 is 1.95 bits per heavy atom. The molecule has 3 aromatic rings. The fraction of sp³-hybridized carbons (Fsp3) is 0. The van der Waals surface area contributed by atoms with E-state index in [1.807, 2.05) is 24.3 Å². The molecule has 1 heterocycles. The Hall–Kier alpha value is -2.41. The summed E-state index contributed by atoms with van der Waals surface area (Å²) in [6, 6.07) is 12.1. The number of halogens is 1. The molecule has 0 atom stereocenters. The van der Waals surface area contributed by atoms with Crippen LogP contribution in [-0.4, -0.2) is 20.6 Å².